The van der Waals surface area contributed by atoms with Crippen LogP contribution in [0, 0.1) is 0 Å². The summed E-state index contributed by atoms with van der Waals surface area (Å²) in [5, 5.41) is 2.91. The molecule has 3 N–H and O–H groups in total. The zero-order valence-corrected chi connectivity index (χ0v) is 12.7. The van der Waals surface area contributed by atoms with Crippen LogP contribution in [0.1, 0.15) is 6.92 Å². The summed E-state index contributed by atoms with van der Waals surface area (Å²) < 4.78 is 5.24. The minimum atomic E-state index is -0.151. The van der Waals surface area contributed by atoms with Crippen molar-refractivity contribution in [3.05, 3.63) is 18.2 Å². The van der Waals surface area contributed by atoms with Gasteiger partial charge in [0.1, 0.15) is 5.75 Å². The predicted octanol–water partition coefficient (Wildman–Crippen LogP) is 1.65. The summed E-state index contributed by atoms with van der Waals surface area (Å²) in [6.45, 7) is 3.84. The monoisotopic (exact) mass is 295 g/mol. The Morgan fingerprint density at radius 1 is 1.45 bits per heavy atom. The number of methoxy groups -OCH3 is 1. The maximum atomic E-state index is 12.3. The van der Waals surface area contributed by atoms with Crippen LogP contribution < -0.4 is 15.8 Å². The minimum Gasteiger partial charge on any atom is -0.495 e. The van der Waals surface area contributed by atoms with Crippen LogP contribution in [0.25, 0.3) is 0 Å². The molecule has 1 aliphatic heterocycles. The first-order chi connectivity index (χ1) is 9.61. The van der Waals surface area contributed by atoms with Crippen molar-refractivity contribution in [1.82, 2.24) is 4.90 Å². The number of ether oxygens (including phenoxy) is 1. The van der Waals surface area contributed by atoms with Crippen LogP contribution in [0.2, 0.25) is 0 Å². The van der Waals surface area contributed by atoms with E-state index in [1.165, 1.54) is 0 Å². The molecule has 1 fully saturated rings. The minimum absolute atomic E-state index is 0.0270. The number of nitrogens with zero attached hydrogens (tertiary/aromatic N) is 1. The van der Waals surface area contributed by atoms with Crippen LogP contribution in [0.5, 0.6) is 5.75 Å². The largest absolute Gasteiger partial charge is 0.495 e. The fourth-order valence-electron chi connectivity index (χ4n) is 2.19. The Morgan fingerprint density at radius 3 is 2.80 bits per heavy atom. The molecule has 1 aromatic rings. The van der Waals surface area contributed by atoms with E-state index in [-0.39, 0.29) is 11.9 Å². The second kappa shape index (κ2) is 6.85. The van der Waals surface area contributed by atoms with Crippen molar-refractivity contribution in [1.29, 1.82) is 0 Å². The Balaban J connectivity index is 2.05. The average Bonchev–Trinajstić information content (AvgIpc) is 2.47. The molecule has 1 saturated heterocycles. The van der Waals surface area contributed by atoms with E-state index in [1.807, 2.05) is 18.7 Å². The highest BCUT2D eigenvalue weighted by atomic mass is 32.2. The lowest BCUT2D eigenvalue weighted by molar-refractivity contribution is -0.120. The maximum Gasteiger partial charge on any atom is 0.241 e. The Hall–Kier alpha value is -1.40. The molecule has 0 spiro atoms. The Bertz CT molecular complexity index is 475. The van der Waals surface area contributed by atoms with Crippen molar-refractivity contribution in [3.63, 3.8) is 0 Å². The summed E-state index contributed by atoms with van der Waals surface area (Å²) in [5.41, 5.74) is 6.98. The van der Waals surface area contributed by atoms with Gasteiger partial charge in [-0.3, -0.25) is 9.69 Å². The first-order valence-corrected chi connectivity index (χ1v) is 7.83. The van der Waals surface area contributed by atoms with Gasteiger partial charge in [-0.25, -0.2) is 0 Å². The topological polar surface area (TPSA) is 67.6 Å². The molecular weight excluding hydrogens is 274 g/mol. The van der Waals surface area contributed by atoms with Gasteiger partial charge in [0.05, 0.1) is 18.8 Å². The maximum absolute atomic E-state index is 12.3. The number of nitrogen functional groups attached to an aromatic ring is 1. The molecule has 1 aliphatic rings. The smallest absolute Gasteiger partial charge is 0.241 e. The number of rotatable bonds is 4. The normalized spacial score (nSPS) is 17.5. The molecule has 110 valence electrons. The zero-order valence-electron chi connectivity index (χ0n) is 11.9. The molecule has 1 unspecified atom stereocenters. The van der Waals surface area contributed by atoms with Gasteiger partial charge in [0.2, 0.25) is 5.91 Å². The third-order valence-electron chi connectivity index (χ3n) is 3.45. The van der Waals surface area contributed by atoms with E-state index >= 15 is 0 Å². The summed E-state index contributed by atoms with van der Waals surface area (Å²) in [5.74, 6) is 2.76. The Morgan fingerprint density at radius 2 is 2.15 bits per heavy atom. The fourth-order valence-corrected chi connectivity index (χ4v) is 3.12. The summed E-state index contributed by atoms with van der Waals surface area (Å²) in [7, 11) is 1.58. The van der Waals surface area contributed by atoms with Crippen LogP contribution in [0.3, 0.4) is 0 Å². The van der Waals surface area contributed by atoms with E-state index in [0.29, 0.717) is 17.1 Å². The van der Waals surface area contributed by atoms with Gasteiger partial charge in [0.15, 0.2) is 0 Å². The van der Waals surface area contributed by atoms with Gasteiger partial charge < -0.3 is 15.8 Å². The Kier molecular flexibility index (Phi) is 5.14. The van der Waals surface area contributed by atoms with Crippen molar-refractivity contribution in [2.75, 3.05) is 42.8 Å². The van der Waals surface area contributed by atoms with E-state index in [2.05, 4.69) is 10.2 Å². The number of carbonyl (C=O) groups is 1. The molecule has 0 radical (unpaired) electrons. The quantitative estimate of drug-likeness (QED) is 0.827. The molecule has 0 aromatic heterocycles. The molecule has 1 atom stereocenters. The van der Waals surface area contributed by atoms with Gasteiger partial charge in [-0.05, 0) is 25.1 Å². The summed E-state index contributed by atoms with van der Waals surface area (Å²) in [6.07, 6.45) is 0. The van der Waals surface area contributed by atoms with Gasteiger partial charge >= 0.3 is 0 Å². The van der Waals surface area contributed by atoms with Gasteiger partial charge in [-0.2, -0.15) is 11.8 Å². The number of hydrogen-bond donors (Lipinski definition) is 2. The molecule has 1 amide bonds. The summed E-state index contributed by atoms with van der Waals surface area (Å²) in [4.78, 5) is 14.5. The molecule has 0 aliphatic carbocycles. The van der Waals surface area contributed by atoms with Crippen molar-refractivity contribution in [2.24, 2.45) is 0 Å². The lowest BCUT2D eigenvalue weighted by Crippen LogP contribution is -2.46. The van der Waals surface area contributed by atoms with Gasteiger partial charge in [0.25, 0.3) is 0 Å². The molecule has 20 heavy (non-hydrogen) atoms. The molecule has 1 aromatic carbocycles. The van der Waals surface area contributed by atoms with Crippen LogP contribution in [0.4, 0.5) is 11.4 Å². The third-order valence-corrected chi connectivity index (χ3v) is 4.40. The van der Waals surface area contributed by atoms with Crippen molar-refractivity contribution < 1.29 is 9.53 Å². The number of benzene rings is 1. The van der Waals surface area contributed by atoms with E-state index < -0.39 is 0 Å². The summed E-state index contributed by atoms with van der Waals surface area (Å²) in [6, 6.07) is 5.07. The average molecular weight is 295 g/mol. The number of nitrogens with one attached hydrogen (secondary N) is 1. The van der Waals surface area contributed by atoms with E-state index in [9.17, 15) is 4.79 Å². The second-order valence-corrected chi connectivity index (χ2v) is 6.00. The van der Waals surface area contributed by atoms with Crippen LogP contribution in [0.15, 0.2) is 18.2 Å². The highest BCUT2D eigenvalue weighted by Gasteiger charge is 2.23. The van der Waals surface area contributed by atoms with E-state index in [4.69, 9.17) is 10.5 Å². The molecule has 5 nitrogen and oxygen atoms in total. The van der Waals surface area contributed by atoms with E-state index in [1.54, 1.807) is 25.3 Å². The van der Waals surface area contributed by atoms with Crippen LogP contribution in [-0.4, -0.2) is 48.6 Å². The molecule has 2 rings (SSSR count). The molecule has 1 heterocycles. The van der Waals surface area contributed by atoms with Gasteiger partial charge in [-0.15, -0.1) is 0 Å². The lowest BCUT2D eigenvalue weighted by Gasteiger charge is -2.31. The van der Waals surface area contributed by atoms with Crippen LogP contribution in [-0.2, 0) is 4.79 Å². The first-order valence-electron chi connectivity index (χ1n) is 6.68. The number of carbonyl (C=O) groups excluding carboxylic acids is 1. The zero-order chi connectivity index (χ0) is 14.5. The number of amides is 1. The molecule has 0 saturated carbocycles. The van der Waals surface area contributed by atoms with Crippen molar-refractivity contribution >= 4 is 29.0 Å². The number of thioether (sulfide) groups is 1. The van der Waals surface area contributed by atoms with Crippen LogP contribution >= 0.6 is 11.8 Å². The molecular formula is C14H21N3O2S. The number of nitrogens with two attached hydrogens (primary N) is 1. The first kappa shape index (κ1) is 15.0. The number of hydrogen-bond acceptors (Lipinski definition) is 5. The standard InChI is InChI=1S/C14H21N3O2S/c1-10(17-5-7-20-8-6-17)14(18)16-12-9-11(15)3-4-13(12)19-2/h3-4,9-10H,5-8,15H2,1-2H3,(H,16,18). The lowest BCUT2D eigenvalue weighted by atomic mass is 10.2. The second-order valence-electron chi connectivity index (χ2n) is 4.77. The highest BCUT2D eigenvalue weighted by Crippen LogP contribution is 2.27. The molecule has 6 heteroatoms. The molecule has 0 bridgehead atoms. The predicted molar refractivity (Wildman–Crippen MR) is 84.4 cm³/mol. The third kappa shape index (κ3) is 3.58. The van der Waals surface area contributed by atoms with Gasteiger partial charge in [0, 0.05) is 30.3 Å². The van der Waals surface area contributed by atoms with Crippen molar-refractivity contribution in [3.8, 4) is 5.75 Å². The fraction of sp³-hybridized carbons (Fsp3) is 0.500. The SMILES string of the molecule is COc1ccc(N)cc1NC(=O)C(C)N1CCSCC1. The van der Waals surface area contributed by atoms with E-state index in [0.717, 1.165) is 24.6 Å². The highest BCUT2D eigenvalue weighted by molar-refractivity contribution is 7.99. The van der Waals surface area contributed by atoms with Crippen molar-refractivity contribution in [2.45, 2.75) is 13.0 Å². The van der Waals surface area contributed by atoms with Gasteiger partial charge in [-0.1, -0.05) is 0 Å². The Labute approximate surface area is 123 Å². The summed E-state index contributed by atoms with van der Waals surface area (Å²) >= 11 is 1.93. The number of anilines is 2.